The minimum Gasteiger partial charge on any atom is -0.383 e. The van der Waals surface area contributed by atoms with Crippen LogP contribution in [0.3, 0.4) is 0 Å². The summed E-state index contributed by atoms with van der Waals surface area (Å²) in [7, 11) is 0. The van der Waals surface area contributed by atoms with Gasteiger partial charge in [-0.25, -0.2) is 4.98 Å². The summed E-state index contributed by atoms with van der Waals surface area (Å²) >= 11 is 0. The zero-order valence-electron chi connectivity index (χ0n) is 17.1. The van der Waals surface area contributed by atoms with E-state index in [0.717, 1.165) is 48.8 Å². The molecule has 1 aromatic carbocycles. The van der Waals surface area contributed by atoms with Gasteiger partial charge in [0.25, 0.3) is 0 Å². The summed E-state index contributed by atoms with van der Waals surface area (Å²) in [6.07, 6.45) is 2.38. The average Bonchev–Trinajstić information content (AvgIpc) is 3.28. The molecule has 1 aliphatic rings. The van der Waals surface area contributed by atoms with E-state index in [1.807, 2.05) is 6.07 Å². The van der Waals surface area contributed by atoms with Gasteiger partial charge < -0.3 is 11.1 Å². The molecule has 4 N–H and O–H groups in total. The number of anilines is 1. The zero-order chi connectivity index (χ0) is 22.3. The Morgan fingerprint density at radius 3 is 2.56 bits per heavy atom. The molecule has 0 unspecified atom stereocenters. The van der Waals surface area contributed by atoms with Gasteiger partial charge in [0.2, 0.25) is 0 Å². The topological polar surface area (TPSA) is 92.5 Å². The third kappa shape index (κ3) is 3.69. The van der Waals surface area contributed by atoms with Crippen molar-refractivity contribution in [1.82, 2.24) is 25.5 Å². The number of alkyl halides is 3. The zero-order valence-corrected chi connectivity index (χ0v) is 17.1. The number of fused-ring (bicyclic) bond motifs is 1. The van der Waals surface area contributed by atoms with Crippen LogP contribution in [0.15, 0.2) is 48.9 Å². The van der Waals surface area contributed by atoms with Crippen LogP contribution in [-0.4, -0.2) is 33.3 Å². The molecule has 4 aromatic rings. The Morgan fingerprint density at radius 2 is 1.78 bits per heavy atom. The lowest BCUT2D eigenvalue weighted by molar-refractivity contribution is -0.136. The first-order valence-corrected chi connectivity index (χ1v) is 10.4. The van der Waals surface area contributed by atoms with Crippen molar-refractivity contribution in [2.24, 2.45) is 0 Å². The number of benzene rings is 1. The number of rotatable bonds is 3. The lowest BCUT2D eigenvalue weighted by atomic mass is 9.90. The summed E-state index contributed by atoms with van der Waals surface area (Å²) < 4.78 is 40.6. The molecule has 0 amide bonds. The quantitative estimate of drug-likeness (QED) is 0.429. The molecule has 32 heavy (non-hydrogen) atoms. The fourth-order valence-corrected chi connectivity index (χ4v) is 4.34. The number of aromatic nitrogens is 4. The second-order valence-electron chi connectivity index (χ2n) is 7.97. The number of nitrogen functional groups attached to an aromatic ring is 1. The molecule has 1 fully saturated rings. The third-order valence-electron chi connectivity index (χ3n) is 5.99. The number of nitrogens with zero attached hydrogens (tertiary/aromatic N) is 3. The number of aromatic amines is 1. The van der Waals surface area contributed by atoms with Gasteiger partial charge in [0.05, 0.1) is 17.5 Å². The maximum Gasteiger partial charge on any atom is 0.417 e. The third-order valence-corrected chi connectivity index (χ3v) is 5.99. The van der Waals surface area contributed by atoms with Crippen molar-refractivity contribution in [1.29, 1.82) is 0 Å². The number of halogens is 3. The highest BCUT2D eigenvalue weighted by Crippen LogP contribution is 2.38. The van der Waals surface area contributed by atoms with E-state index in [1.54, 1.807) is 18.5 Å². The summed E-state index contributed by atoms with van der Waals surface area (Å²) in [5.41, 5.74) is 8.99. The SMILES string of the molecule is Nc1ncc(-c2cn[nH]c2C2CCNCC2)cc1-c1cc2c(C(F)(F)F)cccc2cn1. The van der Waals surface area contributed by atoms with Crippen molar-refractivity contribution in [3.8, 4) is 22.4 Å². The molecule has 1 saturated heterocycles. The monoisotopic (exact) mass is 438 g/mol. The molecular formula is C23H21F3N6. The molecule has 0 radical (unpaired) electrons. The van der Waals surface area contributed by atoms with Gasteiger partial charge in [0, 0.05) is 46.1 Å². The van der Waals surface area contributed by atoms with Gasteiger partial charge in [-0.2, -0.15) is 18.3 Å². The van der Waals surface area contributed by atoms with Crippen molar-refractivity contribution in [2.75, 3.05) is 18.8 Å². The Morgan fingerprint density at radius 1 is 0.969 bits per heavy atom. The van der Waals surface area contributed by atoms with Gasteiger partial charge in [-0.15, -0.1) is 0 Å². The predicted molar refractivity (Wildman–Crippen MR) is 117 cm³/mol. The van der Waals surface area contributed by atoms with E-state index in [0.29, 0.717) is 22.6 Å². The van der Waals surface area contributed by atoms with Crippen molar-refractivity contribution in [2.45, 2.75) is 24.9 Å². The van der Waals surface area contributed by atoms with E-state index in [9.17, 15) is 13.2 Å². The lowest BCUT2D eigenvalue weighted by Crippen LogP contribution is -2.27. The van der Waals surface area contributed by atoms with E-state index >= 15 is 0 Å². The Hall–Kier alpha value is -3.46. The number of hydrogen-bond donors (Lipinski definition) is 3. The maximum absolute atomic E-state index is 13.5. The smallest absolute Gasteiger partial charge is 0.383 e. The van der Waals surface area contributed by atoms with E-state index in [-0.39, 0.29) is 11.2 Å². The first-order chi connectivity index (χ1) is 15.4. The maximum atomic E-state index is 13.5. The first kappa shape index (κ1) is 20.4. The van der Waals surface area contributed by atoms with Crippen LogP contribution in [0.1, 0.15) is 30.0 Å². The minimum absolute atomic E-state index is 0.0773. The normalized spacial score (nSPS) is 15.3. The molecule has 0 bridgehead atoms. The first-order valence-electron chi connectivity index (χ1n) is 10.4. The van der Waals surface area contributed by atoms with Gasteiger partial charge in [0.1, 0.15) is 5.82 Å². The van der Waals surface area contributed by atoms with Crippen molar-refractivity contribution < 1.29 is 13.2 Å². The van der Waals surface area contributed by atoms with Crippen LogP contribution in [0.2, 0.25) is 0 Å². The molecule has 0 atom stereocenters. The van der Waals surface area contributed by atoms with Crippen LogP contribution >= 0.6 is 0 Å². The van der Waals surface area contributed by atoms with Crippen LogP contribution in [0.5, 0.6) is 0 Å². The second-order valence-corrected chi connectivity index (χ2v) is 7.97. The molecule has 1 aliphatic heterocycles. The van der Waals surface area contributed by atoms with Crippen LogP contribution in [-0.2, 0) is 6.18 Å². The van der Waals surface area contributed by atoms with Crippen molar-refractivity contribution >= 4 is 16.6 Å². The molecule has 5 rings (SSSR count). The second kappa shape index (κ2) is 7.90. The standard InChI is InChI=1S/C23H21F3N6/c24-23(25,26)19-3-1-2-14-10-29-20(9-16(14)19)17-8-15(11-30-22(17)27)18-12-31-32-21(18)13-4-6-28-7-5-13/h1-3,8-13,28H,4-7H2,(H2,27,30)(H,31,32). The molecule has 6 nitrogen and oxygen atoms in total. The van der Waals surface area contributed by atoms with Crippen LogP contribution in [0, 0.1) is 0 Å². The highest BCUT2D eigenvalue weighted by atomic mass is 19.4. The highest BCUT2D eigenvalue weighted by molar-refractivity contribution is 5.90. The fraction of sp³-hybridized carbons (Fsp3) is 0.261. The number of H-pyrrole nitrogens is 1. The molecule has 164 valence electrons. The fourth-order valence-electron chi connectivity index (χ4n) is 4.34. The molecule has 0 saturated carbocycles. The lowest BCUT2D eigenvalue weighted by Gasteiger charge is -2.22. The van der Waals surface area contributed by atoms with Crippen molar-refractivity contribution in [3.63, 3.8) is 0 Å². The molecule has 0 spiro atoms. The minimum atomic E-state index is -4.47. The van der Waals surface area contributed by atoms with Gasteiger partial charge in [-0.05, 0) is 49.5 Å². The van der Waals surface area contributed by atoms with E-state index < -0.39 is 11.7 Å². The predicted octanol–water partition coefficient (Wildman–Crippen LogP) is 4.75. The summed E-state index contributed by atoms with van der Waals surface area (Å²) in [5, 5.41) is 11.2. The highest BCUT2D eigenvalue weighted by Gasteiger charge is 2.32. The number of piperidine rings is 1. The van der Waals surface area contributed by atoms with Gasteiger partial charge in [-0.1, -0.05) is 12.1 Å². The average molecular weight is 438 g/mol. The van der Waals surface area contributed by atoms with Crippen LogP contribution in [0.25, 0.3) is 33.2 Å². The van der Waals surface area contributed by atoms with Gasteiger partial charge >= 0.3 is 6.18 Å². The molecule has 9 heteroatoms. The summed E-state index contributed by atoms with van der Waals surface area (Å²) in [6, 6.07) is 7.31. The Balaban J connectivity index is 1.60. The molecule has 0 aliphatic carbocycles. The Bertz CT molecular complexity index is 1270. The number of pyridine rings is 2. The van der Waals surface area contributed by atoms with Crippen LogP contribution < -0.4 is 11.1 Å². The van der Waals surface area contributed by atoms with Crippen molar-refractivity contribution in [3.05, 3.63) is 60.2 Å². The summed E-state index contributed by atoms with van der Waals surface area (Å²) in [5.74, 6) is 0.555. The number of nitrogens with one attached hydrogen (secondary N) is 2. The summed E-state index contributed by atoms with van der Waals surface area (Å²) in [4.78, 5) is 8.69. The van der Waals surface area contributed by atoms with Gasteiger partial charge in [-0.3, -0.25) is 10.1 Å². The largest absolute Gasteiger partial charge is 0.417 e. The number of hydrogen-bond acceptors (Lipinski definition) is 5. The van der Waals surface area contributed by atoms with Gasteiger partial charge in [0.15, 0.2) is 0 Å². The van der Waals surface area contributed by atoms with E-state index in [1.165, 1.54) is 18.3 Å². The number of nitrogens with two attached hydrogens (primary N) is 1. The van der Waals surface area contributed by atoms with E-state index in [2.05, 4.69) is 25.5 Å². The Kier molecular flexibility index (Phi) is 5.05. The van der Waals surface area contributed by atoms with E-state index in [4.69, 9.17) is 5.73 Å². The molecule has 4 heterocycles. The Labute approximate surface area is 182 Å². The molecular weight excluding hydrogens is 417 g/mol. The van der Waals surface area contributed by atoms with Crippen LogP contribution in [0.4, 0.5) is 19.0 Å². The molecule has 3 aromatic heterocycles. The summed E-state index contributed by atoms with van der Waals surface area (Å²) in [6.45, 7) is 1.88.